The maximum Gasteiger partial charge on any atom is 0.300 e. The second-order valence-electron chi connectivity index (χ2n) is 7.84. The van der Waals surface area contributed by atoms with Crippen LogP contribution >= 0.6 is 0 Å². The Morgan fingerprint density at radius 3 is 2.40 bits per heavy atom. The van der Waals surface area contributed by atoms with Crippen LogP contribution in [0.25, 0.3) is 5.69 Å². The van der Waals surface area contributed by atoms with Crippen molar-refractivity contribution in [2.45, 2.75) is 43.8 Å². The fourth-order valence-electron chi connectivity index (χ4n) is 4.12. The largest absolute Gasteiger partial charge is 0.491 e. The van der Waals surface area contributed by atoms with Gasteiger partial charge < -0.3 is 24.6 Å². The van der Waals surface area contributed by atoms with Crippen molar-refractivity contribution in [1.82, 2.24) is 14.8 Å². The minimum Gasteiger partial charge on any atom is -0.491 e. The van der Waals surface area contributed by atoms with Crippen LogP contribution in [0, 0.1) is 0 Å². The Morgan fingerprint density at radius 2 is 1.83 bits per heavy atom. The number of aromatic nitrogens is 3. The summed E-state index contributed by atoms with van der Waals surface area (Å²) in [4.78, 5) is 18.7. The first kappa shape index (κ1) is 20.2. The van der Waals surface area contributed by atoms with Gasteiger partial charge in [0.05, 0.1) is 23.8 Å². The lowest BCUT2D eigenvalue weighted by Gasteiger charge is -2.44. The molecule has 1 aliphatic rings. The lowest BCUT2D eigenvalue weighted by Crippen LogP contribution is -2.53. The number of nitrogens with one attached hydrogen (secondary N) is 1. The molecule has 160 valence electrons. The van der Waals surface area contributed by atoms with Crippen molar-refractivity contribution in [2.75, 3.05) is 19.0 Å². The Morgan fingerprint density at radius 1 is 1.17 bits per heavy atom. The van der Waals surface area contributed by atoms with Crippen molar-refractivity contribution < 1.29 is 19.7 Å². The number of hydrogen-bond donors (Lipinski definition) is 4. The van der Waals surface area contributed by atoms with Crippen LogP contribution in [0.4, 0.5) is 6.01 Å². The second kappa shape index (κ2) is 7.66. The van der Waals surface area contributed by atoms with E-state index in [4.69, 9.17) is 4.42 Å². The number of anilines is 1. The van der Waals surface area contributed by atoms with Gasteiger partial charge in [0.2, 0.25) is 0 Å². The average molecular weight is 414 g/mol. The number of aromatic hydroxyl groups is 1. The summed E-state index contributed by atoms with van der Waals surface area (Å²) in [6, 6.07) is 9.32. The van der Waals surface area contributed by atoms with Crippen molar-refractivity contribution in [2.24, 2.45) is 0 Å². The molecule has 2 unspecified atom stereocenters. The van der Waals surface area contributed by atoms with Crippen LogP contribution in [-0.4, -0.2) is 56.4 Å². The van der Waals surface area contributed by atoms with Gasteiger partial charge in [-0.25, -0.2) is 4.68 Å². The lowest BCUT2D eigenvalue weighted by atomic mass is 9.64. The molecule has 9 heteroatoms. The van der Waals surface area contributed by atoms with Gasteiger partial charge in [0.1, 0.15) is 0 Å². The fraction of sp³-hybridized carbons (Fsp3) is 0.429. The second-order valence-corrected chi connectivity index (χ2v) is 7.84. The van der Waals surface area contributed by atoms with Gasteiger partial charge in [0, 0.05) is 31.3 Å². The first-order chi connectivity index (χ1) is 14.3. The predicted molar refractivity (Wildman–Crippen MR) is 110 cm³/mol. The molecule has 0 saturated heterocycles. The van der Waals surface area contributed by atoms with Crippen LogP contribution in [0.3, 0.4) is 0 Å². The highest BCUT2D eigenvalue weighted by atomic mass is 16.4. The number of oxazole rings is 1. The first-order valence-corrected chi connectivity index (χ1v) is 9.97. The highest BCUT2D eigenvalue weighted by Gasteiger charge is 2.55. The number of hydrogen-bond acceptors (Lipinski definition) is 7. The number of aryl methyl sites for hydroxylation is 1. The van der Waals surface area contributed by atoms with Crippen LogP contribution in [-0.2, 0) is 6.42 Å². The monoisotopic (exact) mass is 414 g/mol. The topological polar surface area (TPSA) is 128 Å². The summed E-state index contributed by atoms with van der Waals surface area (Å²) in [6.45, 7) is 1.99. The third-order valence-electron chi connectivity index (χ3n) is 5.63. The standard InChI is InChI=1S/C21H26N4O5/c1-4-8-12-13(20(29)25(23-12)11-9-6-5-7-10-11)14-16(26)15(17(14)27)18-19(28)22-21(30-18)24(2)3/h5-7,9-10,14-17,23,26-28H,4,8H2,1-3H3. The average Bonchev–Trinajstić information content (AvgIpc) is 3.25. The summed E-state index contributed by atoms with van der Waals surface area (Å²) in [5, 5.41) is 35.0. The highest BCUT2D eigenvalue weighted by molar-refractivity contribution is 5.41. The summed E-state index contributed by atoms with van der Waals surface area (Å²) in [5.41, 5.74) is 1.42. The summed E-state index contributed by atoms with van der Waals surface area (Å²) in [6.07, 6.45) is -0.808. The van der Waals surface area contributed by atoms with Crippen molar-refractivity contribution >= 4 is 6.01 Å². The number of rotatable bonds is 6. The molecule has 1 saturated carbocycles. The molecule has 0 radical (unpaired) electrons. The van der Waals surface area contributed by atoms with Gasteiger partial charge in [-0.1, -0.05) is 31.5 Å². The van der Waals surface area contributed by atoms with E-state index in [9.17, 15) is 20.1 Å². The molecule has 2 aromatic heterocycles. The maximum atomic E-state index is 13.2. The number of H-pyrrole nitrogens is 1. The van der Waals surface area contributed by atoms with Crippen molar-refractivity contribution in [3.63, 3.8) is 0 Å². The molecule has 9 nitrogen and oxygen atoms in total. The first-order valence-electron chi connectivity index (χ1n) is 9.97. The van der Waals surface area contributed by atoms with E-state index in [1.165, 1.54) is 4.68 Å². The van der Waals surface area contributed by atoms with Gasteiger partial charge in [-0.15, -0.1) is 0 Å². The summed E-state index contributed by atoms with van der Waals surface area (Å²) in [7, 11) is 3.41. The zero-order valence-electron chi connectivity index (χ0n) is 17.1. The van der Waals surface area contributed by atoms with Crippen LogP contribution in [0.1, 0.15) is 42.2 Å². The molecule has 2 heterocycles. The third-order valence-corrected chi connectivity index (χ3v) is 5.63. The number of aromatic amines is 1. The molecule has 0 aliphatic heterocycles. The molecule has 0 amide bonds. The number of nitrogens with zero attached hydrogens (tertiary/aromatic N) is 3. The van der Waals surface area contributed by atoms with E-state index in [1.807, 2.05) is 37.3 Å². The third kappa shape index (κ3) is 3.10. The van der Waals surface area contributed by atoms with E-state index in [2.05, 4.69) is 10.1 Å². The Bertz CT molecular complexity index is 1070. The van der Waals surface area contributed by atoms with Crippen molar-refractivity contribution in [3.05, 3.63) is 57.7 Å². The molecule has 4 rings (SSSR count). The van der Waals surface area contributed by atoms with E-state index in [-0.39, 0.29) is 23.2 Å². The van der Waals surface area contributed by atoms with E-state index < -0.39 is 24.0 Å². The van der Waals surface area contributed by atoms with Crippen molar-refractivity contribution in [3.8, 4) is 11.6 Å². The van der Waals surface area contributed by atoms with Gasteiger partial charge >= 0.3 is 0 Å². The molecule has 0 spiro atoms. The normalized spacial score (nSPS) is 23.4. The molecule has 3 aromatic rings. The van der Waals surface area contributed by atoms with Gasteiger partial charge in [-0.05, 0) is 18.6 Å². The lowest BCUT2D eigenvalue weighted by molar-refractivity contribution is -0.0862. The molecule has 1 aromatic carbocycles. The highest BCUT2D eigenvalue weighted by Crippen LogP contribution is 2.50. The molecule has 0 bridgehead atoms. The Labute approximate surface area is 173 Å². The Balaban J connectivity index is 1.71. The molecule has 30 heavy (non-hydrogen) atoms. The minimum absolute atomic E-state index is 0.0194. The van der Waals surface area contributed by atoms with Crippen LogP contribution in [0.5, 0.6) is 5.88 Å². The van der Waals surface area contributed by atoms with E-state index in [1.54, 1.807) is 19.0 Å². The van der Waals surface area contributed by atoms with Crippen molar-refractivity contribution in [1.29, 1.82) is 0 Å². The summed E-state index contributed by atoms with van der Waals surface area (Å²) >= 11 is 0. The Hall–Kier alpha value is -3.04. The molecule has 2 atom stereocenters. The van der Waals surface area contributed by atoms with Gasteiger partial charge in [-0.3, -0.25) is 9.89 Å². The minimum atomic E-state index is -1.10. The molecule has 1 fully saturated rings. The summed E-state index contributed by atoms with van der Waals surface area (Å²) < 4.78 is 6.97. The van der Waals surface area contributed by atoms with Gasteiger partial charge in [0.15, 0.2) is 5.76 Å². The molecule has 1 aliphatic carbocycles. The zero-order chi connectivity index (χ0) is 21.6. The van der Waals surface area contributed by atoms with E-state index in [0.29, 0.717) is 23.4 Å². The van der Waals surface area contributed by atoms with Crippen LogP contribution < -0.4 is 10.5 Å². The fourth-order valence-corrected chi connectivity index (χ4v) is 4.12. The smallest absolute Gasteiger partial charge is 0.300 e. The number of para-hydroxylation sites is 1. The quantitative estimate of drug-likeness (QED) is 0.481. The van der Waals surface area contributed by atoms with Crippen LogP contribution in [0.15, 0.2) is 39.5 Å². The molecular weight excluding hydrogens is 388 g/mol. The molecular formula is C21H26N4O5. The van der Waals surface area contributed by atoms with Crippen LogP contribution in [0.2, 0.25) is 0 Å². The zero-order valence-corrected chi connectivity index (χ0v) is 17.1. The van der Waals surface area contributed by atoms with E-state index in [0.717, 1.165) is 6.42 Å². The van der Waals surface area contributed by atoms with Gasteiger partial charge in [-0.2, -0.15) is 4.98 Å². The molecule has 4 N–H and O–H groups in total. The number of aliphatic hydroxyl groups excluding tert-OH is 2. The maximum absolute atomic E-state index is 13.2. The number of benzene rings is 1. The summed E-state index contributed by atoms with van der Waals surface area (Å²) in [5.74, 6) is -2.02. The van der Waals surface area contributed by atoms with E-state index >= 15 is 0 Å². The number of aliphatic hydroxyl groups is 2. The SMILES string of the molecule is CCCc1[nH]n(-c2ccccc2)c(=O)c1C1C(O)C(c2oc(N(C)C)nc2O)C1O. The predicted octanol–water partition coefficient (Wildman–Crippen LogP) is 1.48. The van der Waals surface area contributed by atoms with Gasteiger partial charge in [0.25, 0.3) is 17.5 Å². The Kier molecular flexibility index (Phi) is 5.17.